The highest BCUT2D eigenvalue weighted by Gasteiger charge is 2.18. The Morgan fingerprint density at radius 1 is 1.21 bits per heavy atom. The lowest BCUT2D eigenvalue weighted by Gasteiger charge is -2.14. The zero-order valence-electron chi connectivity index (χ0n) is 15.9. The SMILES string of the molecule is CCc1cccc(C)c1NC(=O)COC(=O)[C@H](C)Sc1ccc([N+](=O)[O-])cc1. The predicted molar refractivity (Wildman–Crippen MR) is 109 cm³/mol. The van der Waals surface area contributed by atoms with Crippen molar-refractivity contribution in [1.82, 2.24) is 0 Å². The average Bonchev–Trinajstić information content (AvgIpc) is 2.68. The highest BCUT2D eigenvalue weighted by Crippen LogP contribution is 2.26. The molecule has 0 saturated heterocycles. The van der Waals surface area contributed by atoms with Gasteiger partial charge in [-0.05, 0) is 43.5 Å². The average molecular weight is 402 g/mol. The van der Waals surface area contributed by atoms with Crippen molar-refractivity contribution >= 4 is 35.0 Å². The maximum Gasteiger partial charge on any atom is 0.319 e. The molecule has 8 heteroatoms. The number of benzene rings is 2. The fourth-order valence-electron chi connectivity index (χ4n) is 2.53. The number of nitro groups is 1. The van der Waals surface area contributed by atoms with E-state index in [4.69, 9.17) is 4.74 Å². The third-order valence-electron chi connectivity index (χ3n) is 4.04. The van der Waals surface area contributed by atoms with Crippen molar-refractivity contribution in [3.05, 3.63) is 63.7 Å². The molecule has 0 aliphatic carbocycles. The number of anilines is 1. The van der Waals surface area contributed by atoms with E-state index >= 15 is 0 Å². The number of thioether (sulfide) groups is 1. The summed E-state index contributed by atoms with van der Waals surface area (Å²) in [5.41, 5.74) is 2.70. The van der Waals surface area contributed by atoms with Crippen LogP contribution in [0.2, 0.25) is 0 Å². The zero-order valence-corrected chi connectivity index (χ0v) is 16.7. The van der Waals surface area contributed by atoms with Crippen LogP contribution in [0.3, 0.4) is 0 Å². The van der Waals surface area contributed by atoms with Crippen LogP contribution in [-0.2, 0) is 20.7 Å². The summed E-state index contributed by atoms with van der Waals surface area (Å²) in [5.74, 6) is -0.927. The van der Waals surface area contributed by atoms with Crippen molar-refractivity contribution in [3.8, 4) is 0 Å². The van der Waals surface area contributed by atoms with E-state index in [9.17, 15) is 19.7 Å². The number of hydrogen-bond acceptors (Lipinski definition) is 6. The number of ether oxygens (including phenoxy) is 1. The monoisotopic (exact) mass is 402 g/mol. The molecule has 2 rings (SSSR count). The van der Waals surface area contributed by atoms with Gasteiger partial charge < -0.3 is 10.1 Å². The summed E-state index contributed by atoms with van der Waals surface area (Å²) in [6.45, 7) is 5.19. The van der Waals surface area contributed by atoms with Crippen molar-refractivity contribution in [2.24, 2.45) is 0 Å². The first-order chi connectivity index (χ1) is 13.3. The number of esters is 1. The van der Waals surface area contributed by atoms with Crippen molar-refractivity contribution in [1.29, 1.82) is 0 Å². The molecule has 1 atom stereocenters. The summed E-state index contributed by atoms with van der Waals surface area (Å²) < 4.78 is 5.11. The highest BCUT2D eigenvalue weighted by molar-refractivity contribution is 8.00. The fourth-order valence-corrected chi connectivity index (χ4v) is 3.40. The number of nitrogens with one attached hydrogen (secondary N) is 1. The number of nitrogens with zero attached hydrogens (tertiary/aromatic N) is 1. The Bertz CT molecular complexity index is 867. The molecule has 0 radical (unpaired) electrons. The molecule has 0 aromatic heterocycles. The van der Waals surface area contributed by atoms with E-state index in [2.05, 4.69) is 5.32 Å². The number of aryl methyl sites for hydroxylation is 2. The lowest BCUT2D eigenvalue weighted by atomic mass is 10.1. The second kappa shape index (κ2) is 9.89. The van der Waals surface area contributed by atoms with E-state index in [-0.39, 0.29) is 12.3 Å². The summed E-state index contributed by atoms with van der Waals surface area (Å²) >= 11 is 1.21. The van der Waals surface area contributed by atoms with Gasteiger partial charge in [0.05, 0.1) is 4.92 Å². The third-order valence-corrected chi connectivity index (χ3v) is 5.13. The van der Waals surface area contributed by atoms with Crippen LogP contribution in [0.15, 0.2) is 47.4 Å². The van der Waals surface area contributed by atoms with Gasteiger partial charge in [0.1, 0.15) is 5.25 Å². The summed E-state index contributed by atoms with van der Waals surface area (Å²) in [6, 6.07) is 11.7. The smallest absolute Gasteiger partial charge is 0.319 e. The van der Waals surface area contributed by atoms with E-state index in [1.165, 1.54) is 23.9 Å². The van der Waals surface area contributed by atoms with Gasteiger partial charge in [0.25, 0.3) is 11.6 Å². The number of carbonyl (C=O) groups excluding carboxylic acids is 2. The van der Waals surface area contributed by atoms with Crippen molar-refractivity contribution in [2.75, 3.05) is 11.9 Å². The van der Waals surface area contributed by atoms with Gasteiger partial charge in [-0.25, -0.2) is 0 Å². The highest BCUT2D eigenvalue weighted by atomic mass is 32.2. The molecule has 1 amide bonds. The van der Waals surface area contributed by atoms with Crippen LogP contribution in [-0.4, -0.2) is 28.7 Å². The van der Waals surface area contributed by atoms with Gasteiger partial charge in [0, 0.05) is 22.7 Å². The molecule has 2 aromatic carbocycles. The Hall–Kier alpha value is -2.87. The van der Waals surface area contributed by atoms with Crippen LogP contribution in [0.4, 0.5) is 11.4 Å². The van der Waals surface area contributed by atoms with Crippen molar-refractivity contribution in [3.63, 3.8) is 0 Å². The summed E-state index contributed by atoms with van der Waals surface area (Å²) in [6.07, 6.45) is 0.778. The van der Waals surface area contributed by atoms with Crippen molar-refractivity contribution in [2.45, 2.75) is 37.3 Å². The maximum atomic E-state index is 12.2. The molecule has 0 heterocycles. The Morgan fingerprint density at radius 3 is 2.50 bits per heavy atom. The number of hydrogen-bond donors (Lipinski definition) is 1. The molecule has 2 aromatic rings. The van der Waals surface area contributed by atoms with Gasteiger partial charge in [0.2, 0.25) is 0 Å². The van der Waals surface area contributed by atoms with E-state index in [1.807, 2.05) is 32.0 Å². The van der Waals surface area contributed by atoms with Crippen LogP contribution in [0.5, 0.6) is 0 Å². The minimum atomic E-state index is -0.557. The van der Waals surface area contributed by atoms with Gasteiger partial charge in [-0.2, -0.15) is 0 Å². The van der Waals surface area contributed by atoms with Gasteiger partial charge in [-0.1, -0.05) is 25.1 Å². The summed E-state index contributed by atoms with van der Waals surface area (Å²) in [4.78, 5) is 35.2. The Morgan fingerprint density at radius 2 is 1.89 bits per heavy atom. The fraction of sp³-hybridized carbons (Fsp3) is 0.300. The topological polar surface area (TPSA) is 98.5 Å². The first-order valence-electron chi connectivity index (χ1n) is 8.78. The minimum Gasteiger partial charge on any atom is -0.455 e. The molecular formula is C20H22N2O5S. The Labute approximate surface area is 167 Å². The van der Waals surface area contributed by atoms with Gasteiger partial charge in [-0.15, -0.1) is 11.8 Å². The van der Waals surface area contributed by atoms with Crippen molar-refractivity contribution < 1.29 is 19.2 Å². The van der Waals surface area contributed by atoms with Crippen LogP contribution in [0.1, 0.15) is 25.0 Å². The normalized spacial score (nSPS) is 11.5. The van der Waals surface area contributed by atoms with Crippen LogP contribution >= 0.6 is 11.8 Å². The molecule has 7 nitrogen and oxygen atoms in total. The molecule has 0 unspecified atom stereocenters. The van der Waals surface area contributed by atoms with Gasteiger partial charge in [-0.3, -0.25) is 19.7 Å². The largest absolute Gasteiger partial charge is 0.455 e. The van der Waals surface area contributed by atoms with Gasteiger partial charge >= 0.3 is 5.97 Å². The second-order valence-electron chi connectivity index (χ2n) is 6.13. The molecule has 1 N–H and O–H groups in total. The quantitative estimate of drug-likeness (QED) is 0.309. The lowest BCUT2D eigenvalue weighted by molar-refractivity contribution is -0.384. The van der Waals surface area contributed by atoms with Crippen LogP contribution in [0, 0.1) is 17.0 Å². The van der Waals surface area contributed by atoms with E-state index in [0.29, 0.717) is 4.90 Å². The summed E-state index contributed by atoms with van der Waals surface area (Å²) in [5, 5.41) is 12.9. The second-order valence-corrected chi connectivity index (χ2v) is 7.54. The number of para-hydroxylation sites is 1. The Kier molecular flexibility index (Phi) is 7.57. The molecule has 0 spiro atoms. The molecule has 0 saturated carbocycles. The van der Waals surface area contributed by atoms with E-state index < -0.39 is 22.0 Å². The number of carbonyl (C=O) groups is 2. The number of rotatable bonds is 8. The van der Waals surface area contributed by atoms with Gasteiger partial charge in [0.15, 0.2) is 6.61 Å². The van der Waals surface area contributed by atoms with E-state index in [1.54, 1.807) is 19.1 Å². The molecule has 0 bridgehead atoms. The first-order valence-corrected chi connectivity index (χ1v) is 9.65. The first kappa shape index (κ1) is 21.4. The molecule has 28 heavy (non-hydrogen) atoms. The molecule has 0 aliphatic rings. The minimum absolute atomic E-state index is 0.0149. The molecule has 148 valence electrons. The number of nitro benzene ring substituents is 1. The molecule has 0 fully saturated rings. The molecule has 0 aliphatic heterocycles. The molecular weight excluding hydrogens is 380 g/mol. The number of amides is 1. The lowest BCUT2D eigenvalue weighted by Crippen LogP contribution is -2.25. The third kappa shape index (κ3) is 5.82. The van der Waals surface area contributed by atoms with Crippen LogP contribution in [0.25, 0.3) is 0 Å². The summed E-state index contributed by atoms with van der Waals surface area (Å²) in [7, 11) is 0. The van der Waals surface area contributed by atoms with E-state index in [0.717, 1.165) is 23.2 Å². The van der Waals surface area contributed by atoms with Crippen LogP contribution < -0.4 is 5.32 Å². The number of non-ortho nitro benzene ring substituents is 1. The zero-order chi connectivity index (χ0) is 20.7. The Balaban J connectivity index is 1.87. The predicted octanol–water partition coefficient (Wildman–Crippen LogP) is 4.13. The maximum absolute atomic E-state index is 12.2. The standard InChI is InChI=1S/C20H22N2O5S/c1-4-15-7-5-6-13(2)19(15)21-18(23)12-27-20(24)14(3)28-17-10-8-16(9-11-17)22(25)26/h5-11,14H,4,12H2,1-3H3,(H,21,23)/t14-/m0/s1.